The van der Waals surface area contributed by atoms with Crippen molar-refractivity contribution in [3.63, 3.8) is 0 Å². The Bertz CT molecular complexity index is 1090. The van der Waals surface area contributed by atoms with E-state index < -0.39 is 38.7 Å². The third-order valence-electron chi connectivity index (χ3n) is 3.77. The molecule has 1 heterocycles. The van der Waals surface area contributed by atoms with Crippen LogP contribution in [0.5, 0.6) is 5.75 Å². The van der Waals surface area contributed by atoms with Gasteiger partial charge in [-0.1, -0.05) is 0 Å². The molecule has 0 fully saturated rings. The monoisotopic (exact) mass is 492 g/mol. The molecule has 11 nitrogen and oxygen atoms in total. The molecular formula is C18H19F3N4O7S. The number of pyridine rings is 1. The zero-order chi connectivity index (χ0) is 24.6. The second-order valence-corrected chi connectivity index (χ2v) is 8.13. The zero-order valence-electron chi connectivity index (χ0n) is 17.0. The van der Waals surface area contributed by atoms with Crippen LogP contribution >= 0.6 is 0 Å². The predicted molar refractivity (Wildman–Crippen MR) is 106 cm³/mol. The molecule has 2 amide bonds. The summed E-state index contributed by atoms with van der Waals surface area (Å²) in [5.74, 6) is -2.19. The van der Waals surface area contributed by atoms with Crippen LogP contribution in [0.4, 0.5) is 18.9 Å². The number of carbonyl (C=O) groups is 2. The highest BCUT2D eigenvalue weighted by atomic mass is 32.2. The number of aromatic nitrogens is 1. The Morgan fingerprint density at radius 2 is 1.76 bits per heavy atom. The van der Waals surface area contributed by atoms with E-state index in [2.05, 4.69) is 15.1 Å². The number of methoxy groups -OCH3 is 1. The molecule has 2 aromatic rings. The van der Waals surface area contributed by atoms with Crippen molar-refractivity contribution in [2.75, 3.05) is 32.7 Å². The van der Waals surface area contributed by atoms with Gasteiger partial charge in [0.25, 0.3) is 11.8 Å². The van der Waals surface area contributed by atoms with E-state index in [-0.39, 0.29) is 36.1 Å². The molecule has 1 aromatic heterocycles. The molecule has 0 aliphatic carbocycles. The number of rotatable bonds is 9. The standard InChI is InChI=1S/C18H19F3N4O7S/c1-30-6-7-31-10-15(26)24-25-17(27)16-14(22)8-13(9-23-16)33(28,29)12-4-2-11(3-5-12)32-18(19,20)21/h2-5,8-9H,6-7,10,22H2,1H3,(H,24,26)(H,25,27). The third kappa shape index (κ3) is 7.58. The summed E-state index contributed by atoms with van der Waals surface area (Å²) in [4.78, 5) is 26.7. The molecule has 2 rings (SSSR count). The van der Waals surface area contributed by atoms with Gasteiger partial charge in [-0.05, 0) is 30.3 Å². The molecule has 0 saturated heterocycles. The van der Waals surface area contributed by atoms with Crippen LogP contribution in [0, 0.1) is 0 Å². The number of ether oxygens (including phenoxy) is 3. The summed E-state index contributed by atoms with van der Waals surface area (Å²) in [6.45, 7) is 0.0950. The van der Waals surface area contributed by atoms with Crippen LogP contribution in [0.15, 0.2) is 46.3 Å². The van der Waals surface area contributed by atoms with Crippen molar-refractivity contribution in [2.45, 2.75) is 16.2 Å². The smallest absolute Gasteiger partial charge is 0.406 e. The Kier molecular flexibility index (Phi) is 8.56. The van der Waals surface area contributed by atoms with Gasteiger partial charge in [-0.2, -0.15) is 0 Å². The second kappa shape index (κ2) is 10.9. The number of hydrogen-bond acceptors (Lipinski definition) is 9. The Labute approximate surface area is 185 Å². The van der Waals surface area contributed by atoms with E-state index >= 15 is 0 Å². The van der Waals surface area contributed by atoms with Crippen molar-refractivity contribution in [2.24, 2.45) is 0 Å². The number of nitrogens with zero attached hydrogens (tertiary/aromatic N) is 1. The van der Waals surface area contributed by atoms with Crippen LogP contribution in [-0.2, 0) is 24.1 Å². The topological polar surface area (TPSA) is 159 Å². The Balaban J connectivity index is 2.06. The molecule has 33 heavy (non-hydrogen) atoms. The molecule has 0 radical (unpaired) electrons. The van der Waals surface area contributed by atoms with Crippen molar-refractivity contribution in [1.29, 1.82) is 0 Å². The first-order valence-corrected chi connectivity index (χ1v) is 10.4. The lowest BCUT2D eigenvalue weighted by Gasteiger charge is -2.11. The third-order valence-corrected chi connectivity index (χ3v) is 5.50. The first kappa shape index (κ1) is 25.8. The van der Waals surface area contributed by atoms with E-state index in [1.807, 2.05) is 5.43 Å². The second-order valence-electron chi connectivity index (χ2n) is 6.18. The SMILES string of the molecule is COCCOCC(=O)NNC(=O)c1ncc(S(=O)(=O)c2ccc(OC(F)(F)F)cc2)cc1N. The predicted octanol–water partition coefficient (Wildman–Crippen LogP) is 0.819. The Morgan fingerprint density at radius 3 is 2.33 bits per heavy atom. The number of nitrogen functional groups attached to an aromatic ring is 1. The van der Waals surface area contributed by atoms with Crippen molar-refractivity contribution in [1.82, 2.24) is 15.8 Å². The molecule has 0 saturated carbocycles. The highest BCUT2D eigenvalue weighted by molar-refractivity contribution is 7.91. The largest absolute Gasteiger partial charge is 0.573 e. The highest BCUT2D eigenvalue weighted by Crippen LogP contribution is 2.27. The van der Waals surface area contributed by atoms with Gasteiger partial charge in [0.15, 0.2) is 5.69 Å². The maximum Gasteiger partial charge on any atom is 0.573 e. The van der Waals surface area contributed by atoms with Gasteiger partial charge in [0, 0.05) is 13.3 Å². The fourth-order valence-corrected chi connectivity index (χ4v) is 3.52. The first-order chi connectivity index (χ1) is 15.4. The molecule has 180 valence electrons. The number of benzene rings is 1. The molecule has 0 aliphatic heterocycles. The van der Waals surface area contributed by atoms with Crippen molar-refractivity contribution < 1.29 is 45.4 Å². The minimum absolute atomic E-state index is 0.167. The van der Waals surface area contributed by atoms with Gasteiger partial charge in [-0.25, -0.2) is 13.4 Å². The minimum Gasteiger partial charge on any atom is -0.406 e. The van der Waals surface area contributed by atoms with Crippen LogP contribution < -0.4 is 21.3 Å². The number of nitrogens with one attached hydrogen (secondary N) is 2. The molecule has 0 unspecified atom stereocenters. The lowest BCUT2D eigenvalue weighted by molar-refractivity contribution is -0.274. The molecule has 15 heteroatoms. The molecule has 1 aromatic carbocycles. The fraction of sp³-hybridized carbons (Fsp3) is 0.278. The van der Waals surface area contributed by atoms with Gasteiger partial charge < -0.3 is 19.9 Å². The number of halogens is 3. The van der Waals surface area contributed by atoms with Crippen molar-refractivity contribution in [3.8, 4) is 5.75 Å². The molecular weight excluding hydrogens is 473 g/mol. The van der Waals surface area contributed by atoms with Gasteiger partial charge in [0.2, 0.25) is 9.84 Å². The highest BCUT2D eigenvalue weighted by Gasteiger charge is 2.31. The molecule has 4 N–H and O–H groups in total. The van der Waals surface area contributed by atoms with Gasteiger partial charge >= 0.3 is 6.36 Å². The van der Waals surface area contributed by atoms with Gasteiger partial charge in [0.1, 0.15) is 12.4 Å². The Hall–Kier alpha value is -3.43. The van der Waals surface area contributed by atoms with Gasteiger partial charge in [0.05, 0.1) is 28.7 Å². The number of hydrazine groups is 1. The van der Waals surface area contributed by atoms with E-state index in [9.17, 15) is 31.2 Å². The van der Waals surface area contributed by atoms with E-state index in [0.29, 0.717) is 0 Å². The van der Waals surface area contributed by atoms with E-state index in [4.69, 9.17) is 15.2 Å². The van der Waals surface area contributed by atoms with Gasteiger partial charge in [-0.3, -0.25) is 20.4 Å². The average molecular weight is 492 g/mol. The summed E-state index contributed by atoms with van der Waals surface area (Å²) in [5.41, 5.74) is 9.15. The van der Waals surface area contributed by atoms with E-state index in [1.165, 1.54) is 7.11 Å². The zero-order valence-corrected chi connectivity index (χ0v) is 17.8. The van der Waals surface area contributed by atoms with Crippen molar-refractivity contribution in [3.05, 3.63) is 42.2 Å². The summed E-state index contributed by atoms with van der Waals surface area (Å²) in [7, 11) is -2.75. The number of carbonyl (C=O) groups excluding carboxylic acids is 2. The van der Waals surface area contributed by atoms with Crippen LogP contribution in [0.1, 0.15) is 10.5 Å². The number of alkyl halides is 3. The summed E-state index contributed by atoms with van der Waals surface area (Å²) in [6, 6.07) is 4.45. The number of amides is 2. The lowest BCUT2D eigenvalue weighted by atomic mass is 10.3. The normalized spacial score (nSPS) is 11.6. The van der Waals surface area contributed by atoms with Crippen LogP contribution in [0.3, 0.4) is 0 Å². The van der Waals surface area contributed by atoms with Crippen LogP contribution in [-0.4, -0.2) is 58.5 Å². The lowest BCUT2D eigenvalue weighted by Crippen LogP contribution is -2.44. The fourth-order valence-electron chi connectivity index (χ4n) is 2.28. The number of hydrogen-bond donors (Lipinski definition) is 3. The summed E-state index contributed by atoms with van der Waals surface area (Å²) in [5, 5.41) is 0. The van der Waals surface area contributed by atoms with Gasteiger partial charge in [-0.15, -0.1) is 13.2 Å². The number of sulfone groups is 1. The summed E-state index contributed by atoms with van der Waals surface area (Å²) in [6.07, 6.45) is -4.08. The average Bonchev–Trinajstić information content (AvgIpc) is 2.74. The minimum atomic E-state index is -4.92. The molecule has 0 atom stereocenters. The number of anilines is 1. The van der Waals surface area contributed by atoms with E-state index in [0.717, 1.165) is 36.5 Å². The number of nitrogens with two attached hydrogens (primary N) is 1. The van der Waals surface area contributed by atoms with Crippen LogP contribution in [0.25, 0.3) is 0 Å². The summed E-state index contributed by atoms with van der Waals surface area (Å²) >= 11 is 0. The van der Waals surface area contributed by atoms with Crippen LogP contribution in [0.2, 0.25) is 0 Å². The van der Waals surface area contributed by atoms with Crippen molar-refractivity contribution >= 4 is 27.3 Å². The maximum absolute atomic E-state index is 12.7. The summed E-state index contributed by atoms with van der Waals surface area (Å²) < 4.78 is 75.5. The molecule has 0 spiro atoms. The first-order valence-electron chi connectivity index (χ1n) is 8.96. The van der Waals surface area contributed by atoms with E-state index in [1.54, 1.807) is 0 Å². The molecule has 0 aliphatic rings. The quantitative estimate of drug-likeness (QED) is 0.340. The Morgan fingerprint density at radius 1 is 1.09 bits per heavy atom. The maximum atomic E-state index is 12.7. The molecule has 0 bridgehead atoms.